The molecule has 39 heavy (non-hydrogen) atoms. The molecule has 0 radical (unpaired) electrons. The van der Waals surface area contributed by atoms with Crippen LogP contribution in [0.3, 0.4) is 0 Å². The second-order valence-electron chi connectivity index (χ2n) is 8.92. The Hall–Kier alpha value is -4.21. The molecule has 1 heterocycles. The lowest BCUT2D eigenvalue weighted by Crippen LogP contribution is -2.49. The van der Waals surface area contributed by atoms with Gasteiger partial charge in [-0.1, -0.05) is 47.5 Å². The molecule has 1 unspecified atom stereocenters. The van der Waals surface area contributed by atoms with Gasteiger partial charge in [0.25, 0.3) is 5.91 Å². The zero-order valence-corrected chi connectivity index (χ0v) is 21.8. The number of carboxylic acid groups (broad SMARTS) is 1. The normalized spacial score (nSPS) is 14.7. The number of hydrogen-bond donors (Lipinski definition) is 4. The fourth-order valence-corrected chi connectivity index (χ4v) is 4.94. The Morgan fingerprint density at radius 1 is 0.949 bits per heavy atom. The lowest BCUT2D eigenvalue weighted by Gasteiger charge is -2.17. The molecule has 9 nitrogen and oxygen atoms in total. The van der Waals surface area contributed by atoms with Crippen LogP contribution in [0.4, 0.5) is 5.69 Å². The van der Waals surface area contributed by atoms with E-state index in [1.165, 1.54) is 18.2 Å². The minimum Gasteiger partial charge on any atom is -0.508 e. The average molecular weight is 569 g/mol. The van der Waals surface area contributed by atoms with Gasteiger partial charge >= 0.3 is 5.97 Å². The minimum absolute atomic E-state index is 0.0842. The number of anilines is 1. The van der Waals surface area contributed by atoms with Crippen LogP contribution in [0.25, 0.3) is 0 Å². The van der Waals surface area contributed by atoms with Gasteiger partial charge in [-0.05, 0) is 48.4 Å². The predicted molar refractivity (Wildman–Crippen MR) is 144 cm³/mol. The molecule has 1 aliphatic heterocycles. The van der Waals surface area contributed by atoms with Crippen molar-refractivity contribution in [2.24, 2.45) is 0 Å². The molecule has 3 aromatic carbocycles. The molecule has 1 amide bonds. The second kappa shape index (κ2) is 11.7. The van der Waals surface area contributed by atoms with E-state index in [-0.39, 0.29) is 39.1 Å². The first-order valence-corrected chi connectivity index (χ1v) is 12.6. The summed E-state index contributed by atoms with van der Waals surface area (Å²) >= 11 is 12.5. The van der Waals surface area contributed by atoms with Crippen LogP contribution in [-0.4, -0.2) is 51.5 Å². The standard InChI is InChI=1S/C28H22Cl2N2O7/c29-18-11-15(22(34)9-8-14-4-3-5-16(33)10-14)12-19(30)24(18)23(35)13-21(28(38)39)32-27(37)25-26(36)17-6-1-2-7-20(17)31-25/h1-7,10-12,21,25,31,33H,8-9,13H2,(H,32,37)(H,38,39)/t21-,25?/m0/s1. The van der Waals surface area contributed by atoms with Crippen molar-refractivity contribution in [1.82, 2.24) is 5.32 Å². The number of phenols is 1. The summed E-state index contributed by atoms with van der Waals surface area (Å²) in [4.78, 5) is 62.8. The van der Waals surface area contributed by atoms with Crippen LogP contribution in [0.5, 0.6) is 5.75 Å². The highest BCUT2D eigenvalue weighted by Crippen LogP contribution is 2.30. The highest BCUT2D eigenvalue weighted by molar-refractivity contribution is 6.40. The maximum Gasteiger partial charge on any atom is 0.326 e. The Bertz CT molecular complexity index is 1480. The van der Waals surface area contributed by atoms with Crippen LogP contribution in [-0.2, 0) is 16.0 Å². The van der Waals surface area contributed by atoms with Gasteiger partial charge in [0.05, 0.1) is 15.6 Å². The van der Waals surface area contributed by atoms with E-state index in [0.29, 0.717) is 17.7 Å². The number of carbonyl (C=O) groups excluding carboxylic acids is 4. The van der Waals surface area contributed by atoms with Crippen LogP contribution in [0.1, 0.15) is 49.5 Å². The topological polar surface area (TPSA) is 150 Å². The Morgan fingerprint density at radius 2 is 1.64 bits per heavy atom. The van der Waals surface area contributed by atoms with Crippen molar-refractivity contribution in [3.8, 4) is 5.75 Å². The van der Waals surface area contributed by atoms with Crippen molar-refractivity contribution in [2.75, 3.05) is 5.32 Å². The molecule has 0 saturated carbocycles. The number of nitrogens with one attached hydrogen (secondary N) is 2. The molecule has 0 spiro atoms. The first kappa shape index (κ1) is 27.8. The maximum absolute atomic E-state index is 13.0. The lowest BCUT2D eigenvalue weighted by molar-refractivity contribution is -0.141. The smallest absolute Gasteiger partial charge is 0.326 e. The second-order valence-corrected chi connectivity index (χ2v) is 9.74. The van der Waals surface area contributed by atoms with Crippen LogP contribution in [0, 0.1) is 0 Å². The van der Waals surface area contributed by atoms with Gasteiger partial charge in [-0.25, -0.2) is 4.79 Å². The third-order valence-corrected chi connectivity index (χ3v) is 6.81. The summed E-state index contributed by atoms with van der Waals surface area (Å²) in [5.74, 6) is -3.90. The quantitative estimate of drug-likeness (QED) is 0.208. The van der Waals surface area contributed by atoms with Crippen LogP contribution >= 0.6 is 23.2 Å². The number of aliphatic carboxylic acids is 1. The Labute approximate surface area is 232 Å². The van der Waals surface area contributed by atoms with Gasteiger partial charge < -0.3 is 20.8 Å². The van der Waals surface area contributed by atoms with Crippen molar-refractivity contribution in [3.63, 3.8) is 0 Å². The summed E-state index contributed by atoms with van der Waals surface area (Å²) in [5, 5.41) is 23.9. The van der Waals surface area contributed by atoms with Gasteiger partial charge in [-0.3, -0.25) is 19.2 Å². The number of rotatable bonds is 10. The lowest BCUT2D eigenvalue weighted by atomic mass is 9.98. The number of para-hydroxylation sites is 1. The third kappa shape index (κ3) is 6.27. The van der Waals surface area contributed by atoms with E-state index >= 15 is 0 Å². The number of amides is 1. The average Bonchev–Trinajstić information content (AvgIpc) is 3.23. The number of fused-ring (bicyclic) bond motifs is 1. The number of halogens is 2. The van der Waals surface area contributed by atoms with E-state index in [4.69, 9.17) is 23.2 Å². The summed E-state index contributed by atoms with van der Waals surface area (Å²) in [6, 6.07) is 12.5. The molecule has 4 rings (SSSR count). The molecule has 0 aliphatic carbocycles. The number of phenolic OH excluding ortho intramolecular Hbond substituents is 1. The molecular weight excluding hydrogens is 547 g/mol. The fourth-order valence-electron chi connectivity index (χ4n) is 4.24. The van der Waals surface area contributed by atoms with Gasteiger partial charge in [-0.2, -0.15) is 0 Å². The van der Waals surface area contributed by atoms with E-state index in [1.54, 1.807) is 42.5 Å². The molecule has 200 valence electrons. The molecule has 1 aliphatic rings. The predicted octanol–water partition coefficient (Wildman–Crippen LogP) is 4.33. The summed E-state index contributed by atoms with van der Waals surface area (Å²) in [6.45, 7) is 0. The van der Waals surface area contributed by atoms with Gasteiger partial charge in [0.2, 0.25) is 0 Å². The van der Waals surface area contributed by atoms with Crippen molar-refractivity contribution in [2.45, 2.75) is 31.3 Å². The summed E-state index contributed by atoms with van der Waals surface area (Å²) in [7, 11) is 0. The third-order valence-electron chi connectivity index (χ3n) is 6.22. The highest BCUT2D eigenvalue weighted by Gasteiger charge is 2.37. The maximum atomic E-state index is 13.0. The van der Waals surface area contributed by atoms with Crippen molar-refractivity contribution in [3.05, 3.63) is 93.0 Å². The minimum atomic E-state index is -1.67. The number of benzene rings is 3. The molecule has 11 heteroatoms. The van der Waals surface area contributed by atoms with Crippen LogP contribution in [0.2, 0.25) is 10.0 Å². The van der Waals surface area contributed by atoms with E-state index in [0.717, 1.165) is 5.56 Å². The Balaban J connectivity index is 1.43. The molecule has 3 aromatic rings. The number of aryl methyl sites for hydroxylation is 1. The Kier molecular flexibility index (Phi) is 8.32. The highest BCUT2D eigenvalue weighted by atomic mass is 35.5. The van der Waals surface area contributed by atoms with E-state index in [1.807, 2.05) is 0 Å². The largest absolute Gasteiger partial charge is 0.508 e. The number of aromatic hydroxyl groups is 1. The van der Waals surface area contributed by atoms with Crippen molar-refractivity contribution >= 4 is 58.1 Å². The summed E-state index contributed by atoms with van der Waals surface area (Å²) < 4.78 is 0. The number of carbonyl (C=O) groups is 5. The Morgan fingerprint density at radius 3 is 2.28 bits per heavy atom. The fraction of sp³-hybridized carbons (Fsp3) is 0.179. The van der Waals surface area contributed by atoms with Crippen molar-refractivity contribution in [1.29, 1.82) is 0 Å². The van der Waals surface area contributed by atoms with Gasteiger partial charge in [-0.15, -0.1) is 0 Å². The zero-order valence-electron chi connectivity index (χ0n) is 20.2. The number of carboxylic acids is 1. The van der Waals surface area contributed by atoms with Gasteiger partial charge in [0.1, 0.15) is 11.8 Å². The van der Waals surface area contributed by atoms with Gasteiger partial charge in [0.15, 0.2) is 23.4 Å². The summed E-state index contributed by atoms with van der Waals surface area (Å²) in [6.07, 6.45) is -0.250. The van der Waals surface area contributed by atoms with Crippen LogP contribution in [0.15, 0.2) is 60.7 Å². The van der Waals surface area contributed by atoms with Gasteiger partial charge in [0, 0.05) is 29.7 Å². The zero-order chi connectivity index (χ0) is 28.3. The number of Topliss-reactive ketones (excluding diaryl/α,β-unsaturated/α-hetero) is 3. The molecule has 2 atom stereocenters. The SMILES string of the molecule is O=C(CCc1cccc(O)c1)c1cc(Cl)c(C(=O)C[C@H](NC(=O)C2Nc3ccccc3C2=O)C(=O)O)c(Cl)c1. The van der Waals surface area contributed by atoms with Crippen molar-refractivity contribution < 1.29 is 34.2 Å². The molecule has 0 fully saturated rings. The number of hydrogen-bond acceptors (Lipinski definition) is 7. The molecule has 4 N–H and O–H groups in total. The van der Waals surface area contributed by atoms with E-state index < -0.39 is 41.9 Å². The monoisotopic (exact) mass is 568 g/mol. The van der Waals surface area contributed by atoms with E-state index in [2.05, 4.69) is 10.6 Å². The molecular formula is C28H22Cl2N2O7. The molecule has 0 bridgehead atoms. The van der Waals surface area contributed by atoms with Crippen LogP contribution < -0.4 is 10.6 Å². The first-order valence-electron chi connectivity index (χ1n) is 11.8. The number of ketones is 3. The first-order chi connectivity index (χ1) is 18.5. The van der Waals surface area contributed by atoms with E-state index in [9.17, 15) is 34.2 Å². The molecule has 0 saturated heterocycles. The summed E-state index contributed by atoms with van der Waals surface area (Å²) in [5.41, 5.74) is 1.48. The molecule has 0 aromatic heterocycles.